The van der Waals surface area contributed by atoms with Crippen molar-refractivity contribution in [3.63, 3.8) is 0 Å². The predicted molar refractivity (Wildman–Crippen MR) is 113 cm³/mol. The SMILES string of the molecule is O=C(c1cc2c(Cl)cccc2[nH]1)N1CCc2[nH]nc(C(=O)N3CCCC34CC4)c2C1. The van der Waals surface area contributed by atoms with E-state index in [1.807, 2.05) is 23.1 Å². The zero-order valence-corrected chi connectivity index (χ0v) is 17.3. The number of hydrogen-bond acceptors (Lipinski definition) is 3. The summed E-state index contributed by atoms with van der Waals surface area (Å²) in [5.41, 5.74) is 3.73. The summed E-state index contributed by atoms with van der Waals surface area (Å²) in [4.78, 5) is 33.4. The van der Waals surface area contributed by atoms with Gasteiger partial charge in [0.15, 0.2) is 5.69 Å². The minimum Gasteiger partial charge on any atom is -0.350 e. The van der Waals surface area contributed by atoms with E-state index in [4.69, 9.17) is 11.6 Å². The van der Waals surface area contributed by atoms with Crippen molar-refractivity contribution >= 4 is 34.3 Å². The number of benzene rings is 1. The summed E-state index contributed by atoms with van der Waals surface area (Å²) in [6.45, 7) is 1.77. The van der Waals surface area contributed by atoms with Crippen LogP contribution in [0.4, 0.5) is 0 Å². The lowest BCUT2D eigenvalue weighted by atomic mass is 10.0. The smallest absolute Gasteiger partial charge is 0.275 e. The molecule has 2 aliphatic heterocycles. The molecule has 8 heteroatoms. The van der Waals surface area contributed by atoms with Crippen molar-refractivity contribution in [2.45, 2.75) is 44.2 Å². The topological polar surface area (TPSA) is 85.1 Å². The number of aromatic nitrogens is 3. The molecule has 4 heterocycles. The summed E-state index contributed by atoms with van der Waals surface area (Å²) in [6, 6.07) is 7.38. The number of nitrogens with one attached hydrogen (secondary N) is 2. The van der Waals surface area contributed by atoms with Crippen LogP contribution in [0.2, 0.25) is 5.02 Å². The number of fused-ring (bicyclic) bond motifs is 2. The number of hydrogen-bond donors (Lipinski definition) is 2. The Labute approximate surface area is 178 Å². The summed E-state index contributed by atoms with van der Waals surface area (Å²) in [5, 5.41) is 8.87. The van der Waals surface area contributed by atoms with Gasteiger partial charge in [0.25, 0.3) is 11.8 Å². The molecule has 3 aromatic rings. The first kappa shape index (κ1) is 18.0. The van der Waals surface area contributed by atoms with E-state index >= 15 is 0 Å². The molecule has 7 nitrogen and oxygen atoms in total. The summed E-state index contributed by atoms with van der Waals surface area (Å²) >= 11 is 6.26. The maximum Gasteiger partial charge on any atom is 0.275 e. The van der Waals surface area contributed by atoms with Crippen LogP contribution in [0, 0.1) is 0 Å². The Hall–Kier alpha value is -2.80. The highest BCUT2D eigenvalue weighted by Crippen LogP contribution is 2.50. The van der Waals surface area contributed by atoms with Gasteiger partial charge < -0.3 is 14.8 Å². The van der Waals surface area contributed by atoms with Crippen LogP contribution in [0.1, 0.15) is 57.9 Å². The minimum absolute atomic E-state index is 0.00851. The zero-order chi connectivity index (χ0) is 20.5. The lowest BCUT2D eigenvalue weighted by Gasteiger charge is -2.28. The monoisotopic (exact) mass is 423 g/mol. The molecule has 0 atom stereocenters. The second-order valence-electron chi connectivity index (χ2n) is 8.67. The highest BCUT2D eigenvalue weighted by atomic mass is 35.5. The van der Waals surface area contributed by atoms with Crippen molar-refractivity contribution in [3.05, 3.63) is 51.9 Å². The molecule has 30 heavy (non-hydrogen) atoms. The van der Waals surface area contributed by atoms with Crippen LogP contribution in [0.15, 0.2) is 24.3 Å². The number of rotatable bonds is 2. The van der Waals surface area contributed by atoms with E-state index in [9.17, 15) is 9.59 Å². The van der Waals surface area contributed by atoms with Gasteiger partial charge in [0, 0.05) is 52.2 Å². The molecule has 2 amide bonds. The Morgan fingerprint density at radius 1 is 1.13 bits per heavy atom. The van der Waals surface area contributed by atoms with E-state index in [2.05, 4.69) is 15.2 Å². The molecule has 1 aliphatic carbocycles. The van der Waals surface area contributed by atoms with E-state index in [1.165, 1.54) is 0 Å². The second kappa shape index (κ2) is 6.35. The molecule has 3 aliphatic rings. The van der Waals surface area contributed by atoms with Crippen LogP contribution >= 0.6 is 11.6 Å². The average Bonchev–Trinajstić information content (AvgIpc) is 3.11. The van der Waals surface area contributed by atoms with Crippen molar-refractivity contribution in [1.29, 1.82) is 0 Å². The molecule has 2 aromatic heterocycles. The van der Waals surface area contributed by atoms with Crippen LogP contribution in [0.25, 0.3) is 10.9 Å². The van der Waals surface area contributed by atoms with Crippen molar-refractivity contribution in [3.8, 4) is 0 Å². The fourth-order valence-electron chi connectivity index (χ4n) is 5.10. The third-order valence-corrected chi connectivity index (χ3v) is 7.26. The Morgan fingerprint density at radius 3 is 2.80 bits per heavy atom. The Balaban J connectivity index is 1.28. The number of nitrogens with zero attached hydrogens (tertiary/aromatic N) is 3. The Kier molecular flexibility index (Phi) is 3.81. The van der Waals surface area contributed by atoms with Gasteiger partial charge in [-0.1, -0.05) is 17.7 Å². The molecule has 0 radical (unpaired) electrons. The fraction of sp³-hybridized carbons (Fsp3) is 0.409. The van der Waals surface area contributed by atoms with Crippen molar-refractivity contribution in [1.82, 2.24) is 25.0 Å². The normalized spacial score (nSPS) is 19.5. The molecule has 0 bridgehead atoms. The van der Waals surface area contributed by atoms with Gasteiger partial charge in [-0.3, -0.25) is 14.7 Å². The first-order chi connectivity index (χ1) is 14.6. The van der Waals surface area contributed by atoms with E-state index in [-0.39, 0.29) is 17.4 Å². The molecule has 1 saturated carbocycles. The summed E-state index contributed by atoms with van der Waals surface area (Å²) in [7, 11) is 0. The highest BCUT2D eigenvalue weighted by Gasteiger charge is 2.53. The van der Waals surface area contributed by atoms with Crippen LogP contribution in [-0.4, -0.2) is 55.4 Å². The number of H-pyrrole nitrogens is 2. The molecule has 1 aromatic carbocycles. The molecular formula is C22H22ClN5O2. The number of amides is 2. The Bertz CT molecular complexity index is 1190. The van der Waals surface area contributed by atoms with Crippen molar-refractivity contribution in [2.24, 2.45) is 0 Å². The van der Waals surface area contributed by atoms with E-state index in [0.717, 1.165) is 54.4 Å². The average molecular weight is 424 g/mol. The summed E-state index contributed by atoms with van der Waals surface area (Å²) < 4.78 is 0. The number of likely N-dealkylation sites (tertiary alicyclic amines) is 1. The van der Waals surface area contributed by atoms with Gasteiger partial charge >= 0.3 is 0 Å². The summed E-state index contributed by atoms with van der Waals surface area (Å²) in [6.07, 6.45) is 5.01. The van der Waals surface area contributed by atoms with E-state index in [1.54, 1.807) is 11.0 Å². The molecule has 1 spiro atoms. The quantitative estimate of drug-likeness (QED) is 0.661. The molecule has 2 fully saturated rings. The number of carbonyl (C=O) groups excluding carboxylic acids is 2. The van der Waals surface area contributed by atoms with Crippen molar-refractivity contribution in [2.75, 3.05) is 13.1 Å². The maximum absolute atomic E-state index is 13.3. The fourth-order valence-corrected chi connectivity index (χ4v) is 5.33. The lowest BCUT2D eigenvalue weighted by Crippen LogP contribution is -2.39. The Morgan fingerprint density at radius 2 is 2.00 bits per heavy atom. The third-order valence-electron chi connectivity index (χ3n) is 6.93. The lowest BCUT2D eigenvalue weighted by molar-refractivity contribution is 0.0690. The molecule has 2 N–H and O–H groups in total. The van der Waals surface area contributed by atoms with Crippen molar-refractivity contribution < 1.29 is 9.59 Å². The van der Waals surface area contributed by atoms with Gasteiger partial charge in [-0.15, -0.1) is 0 Å². The van der Waals surface area contributed by atoms with Gasteiger partial charge in [-0.2, -0.15) is 5.10 Å². The summed E-state index contributed by atoms with van der Waals surface area (Å²) in [5.74, 6) is -0.0819. The van der Waals surface area contributed by atoms with Crippen LogP contribution in [-0.2, 0) is 13.0 Å². The van der Waals surface area contributed by atoms with Gasteiger partial charge in [-0.25, -0.2) is 0 Å². The molecule has 154 valence electrons. The minimum atomic E-state index is -0.0904. The van der Waals surface area contributed by atoms with Crippen LogP contribution in [0.5, 0.6) is 0 Å². The highest BCUT2D eigenvalue weighted by molar-refractivity contribution is 6.35. The van der Waals surface area contributed by atoms with E-state index < -0.39 is 0 Å². The largest absolute Gasteiger partial charge is 0.350 e. The standard InChI is InChI=1S/C22H22ClN5O2/c23-15-3-1-4-16-13(15)11-18(24-16)20(29)27-10-5-17-14(12-27)19(26-25-17)21(30)28-9-2-6-22(28)7-8-22/h1,3-4,11,24H,2,5-10,12H2,(H,25,26). The number of aromatic amines is 2. The maximum atomic E-state index is 13.3. The zero-order valence-electron chi connectivity index (χ0n) is 16.5. The number of halogens is 1. The van der Waals surface area contributed by atoms with Crippen LogP contribution in [0.3, 0.4) is 0 Å². The predicted octanol–water partition coefficient (Wildman–Crippen LogP) is 3.51. The molecule has 1 saturated heterocycles. The second-order valence-corrected chi connectivity index (χ2v) is 9.08. The molecule has 0 unspecified atom stereocenters. The van der Waals surface area contributed by atoms with Gasteiger partial charge in [-0.05, 0) is 43.9 Å². The first-order valence-corrected chi connectivity index (χ1v) is 10.9. The molecular weight excluding hydrogens is 402 g/mol. The van der Waals surface area contributed by atoms with Gasteiger partial charge in [0.05, 0.1) is 6.54 Å². The van der Waals surface area contributed by atoms with E-state index in [0.29, 0.717) is 35.9 Å². The first-order valence-electron chi connectivity index (χ1n) is 10.5. The third kappa shape index (κ3) is 2.61. The van der Waals surface area contributed by atoms with Crippen LogP contribution < -0.4 is 0 Å². The van der Waals surface area contributed by atoms with Gasteiger partial charge in [0.2, 0.25) is 0 Å². The van der Waals surface area contributed by atoms with Gasteiger partial charge in [0.1, 0.15) is 5.69 Å². The molecule has 6 rings (SSSR count). The number of carbonyl (C=O) groups is 2.